The summed E-state index contributed by atoms with van der Waals surface area (Å²) in [5, 5.41) is 18.3. The van der Waals surface area contributed by atoms with Crippen molar-refractivity contribution >= 4 is 28.6 Å². The van der Waals surface area contributed by atoms with E-state index in [-0.39, 0.29) is 33.6 Å². The lowest BCUT2D eigenvalue weighted by Gasteiger charge is -2.28. The second-order valence-electron chi connectivity index (χ2n) is 5.47. The van der Waals surface area contributed by atoms with E-state index in [9.17, 15) is 10.1 Å². The molecule has 6 unspecified atom stereocenters. The van der Waals surface area contributed by atoms with Crippen LogP contribution in [0, 0.1) is 52.3 Å². The SMILES string of the molecule is CCC(I)C(=O)OCC1CC2CC1C(C#N)C2C#N. The molecule has 2 fully saturated rings. The van der Waals surface area contributed by atoms with Gasteiger partial charge in [-0.15, -0.1) is 0 Å². The van der Waals surface area contributed by atoms with Gasteiger partial charge in [0.1, 0.15) is 3.92 Å². The number of halogens is 1. The first kappa shape index (κ1) is 14.6. The summed E-state index contributed by atoms with van der Waals surface area (Å²) in [5.41, 5.74) is 0. The Morgan fingerprint density at radius 3 is 2.63 bits per heavy atom. The third kappa shape index (κ3) is 2.72. The van der Waals surface area contributed by atoms with Gasteiger partial charge in [0.2, 0.25) is 0 Å². The Morgan fingerprint density at radius 1 is 1.37 bits per heavy atom. The van der Waals surface area contributed by atoms with Crippen molar-refractivity contribution in [2.24, 2.45) is 29.6 Å². The molecule has 0 aliphatic heterocycles. The molecule has 19 heavy (non-hydrogen) atoms. The summed E-state index contributed by atoms with van der Waals surface area (Å²) in [6, 6.07) is 4.56. The van der Waals surface area contributed by atoms with Crippen LogP contribution in [-0.4, -0.2) is 16.5 Å². The van der Waals surface area contributed by atoms with Crippen molar-refractivity contribution in [3.63, 3.8) is 0 Å². The zero-order valence-corrected chi connectivity index (χ0v) is 13.0. The van der Waals surface area contributed by atoms with Crippen molar-refractivity contribution in [2.75, 3.05) is 6.61 Å². The minimum absolute atomic E-state index is 0.0881. The van der Waals surface area contributed by atoms with Crippen molar-refractivity contribution in [1.82, 2.24) is 0 Å². The number of nitriles is 2. The number of alkyl halides is 1. The highest BCUT2D eigenvalue weighted by molar-refractivity contribution is 14.1. The maximum atomic E-state index is 11.7. The van der Waals surface area contributed by atoms with Crippen LogP contribution >= 0.6 is 22.6 Å². The van der Waals surface area contributed by atoms with Crippen molar-refractivity contribution in [3.8, 4) is 12.1 Å². The quantitative estimate of drug-likeness (QED) is 0.432. The summed E-state index contributed by atoms with van der Waals surface area (Å²) in [7, 11) is 0. The Hall–Kier alpha value is -0.820. The number of ether oxygens (including phenoxy) is 1. The Morgan fingerprint density at radius 2 is 2.05 bits per heavy atom. The lowest BCUT2D eigenvalue weighted by atomic mass is 9.75. The van der Waals surface area contributed by atoms with E-state index in [2.05, 4.69) is 34.7 Å². The highest BCUT2D eigenvalue weighted by atomic mass is 127. The maximum Gasteiger partial charge on any atom is 0.318 e. The molecular formula is C14H17IN2O2. The van der Waals surface area contributed by atoms with Crippen LogP contribution in [-0.2, 0) is 9.53 Å². The molecule has 2 rings (SSSR count). The van der Waals surface area contributed by atoms with E-state index >= 15 is 0 Å². The van der Waals surface area contributed by atoms with Gasteiger partial charge in [0.05, 0.1) is 30.6 Å². The first-order valence-corrected chi connectivity index (χ1v) is 7.96. The molecule has 0 radical (unpaired) electrons. The van der Waals surface area contributed by atoms with E-state index in [1.165, 1.54) is 0 Å². The molecule has 0 amide bonds. The number of nitrogens with zero attached hydrogens (tertiary/aromatic N) is 2. The van der Waals surface area contributed by atoms with Crippen molar-refractivity contribution in [2.45, 2.75) is 30.1 Å². The number of carbonyl (C=O) groups is 1. The zero-order valence-electron chi connectivity index (χ0n) is 10.9. The number of esters is 1. The first-order valence-electron chi connectivity index (χ1n) is 6.72. The molecule has 0 N–H and O–H groups in total. The summed E-state index contributed by atoms with van der Waals surface area (Å²) in [6.07, 6.45) is 2.64. The van der Waals surface area contributed by atoms with Crippen LogP contribution in [0.4, 0.5) is 0 Å². The van der Waals surface area contributed by atoms with Gasteiger partial charge in [-0.3, -0.25) is 4.79 Å². The van der Waals surface area contributed by atoms with Crippen molar-refractivity contribution < 1.29 is 9.53 Å². The number of hydrogen-bond donors (Lipinski definition) is 0. The molecular weight excluding hydrogens is 355 g/mol. The van der Waals surface area contributed by atoms with Gasteiger partial charge in [-0.25, -0.2) is 0 Å². The van der Waals surface area contributed by atoms with Crippen LogP contribution in [0.2, 0.25) is 0 Å². The van der Waals surface area contributed by atoms with Crippen LogP contribution in [0.25, 0.3) is 0 Å². The third-order valence-corrected chi connectivity index (χ3v) is 5.88. The van der Waals surface area contributed by atoms with Crippen LogP contribution in [0.3, 0.4) is 0 Å². The van der Waals surface area contributed by atoms with Gasteiger partial charge in [0, 0.05) is 0 Å². The molecule has 0 saturated heterocycles. The number of rotatable bonds is 4. The lowest BCUT2D eigenvalue weighted by Crippen LogP contribution is -2.30. The topological polar surface area (TPSA) is 73.9 Å². The summed E-state index contributed by atoms with van der Waals surface area (Å²) in [5.74, 6) is 0.385. The fourth-order valence-corrected chi connectivity index (χ4v) is 3.67. The summed E-state index contributed by atoms with van der Waals surface area (Å²) >= 11 is 2.09. The second-order valence-corrected chi connectivity index (χ2v) is 6.97. The van der Waals surface area contributed by atoms with E-state index in [0.717, 1.165) is 19.3 Å². The monoisotopic (exact) mass is 372 g/mol. The Balaban J connectivity index is 1.91. The minimum atomic E-state index is -0.172. The largest absolute Gasteiger partial charge is 0.465 e. The fourth-order valence-electron chi connectivity index (χ4n) is 3.49. The van der Waals surface area contributed by atoms with Gasteiger partial charge >= 0.3 is 5.97 Å². The van der Waals surface area contributed by atoms with E-state index in [1.807, 2.05) is 6.92 Å². The van der Waals surface area contributed by atoms with Gasteiger partial charge in [0.25, 0.3) is 0 Å². The molecule has 0 spiro atoms. The van der Waals surface area contributed by atoms with Crippen molar-refractivity contribution in [3.05, 3.63) is 0 Å². The fraction of sp³-hybridized carbons (Fsp3) is 0.786. The van der Waals surface area contributed by atoms with Gasteiger partial charge in [-0.05, 0) is 37.0 Å². The Labute approximate surface area is 127 Å². The summed E-state index contributed by atoms with van der Waals surface area (Å²) in [6.45, 7) is 2.37. The Kier molecular flexibility index (Phi) is 4.67. The lowest BCUT2D eigenvalue weighted by molar-refractivity contribution is -0.144. The average Bonchev–Trinajstić information content (AvgIpc) is 3.00. The van der Waals surface area contributed by atoms with Crippen molar-refractivity contribution in [1.29, 1.82) is 10.5 Å². The highest BCUT2D eigenvalue weighted by Crippen LogP contribution is 2.54. The molecule has 102 valence electrons. The van der Waals surface area contributed by atoms with E-state index < -0.39 is 0 Å². The molecule has 5 heteroatoms. The minimum Gasteiger partial charge on any atom is -0.465 e. The number of hydrogen-bond acceptors (Lipinski definition) is 4. The molecule has 0 aromatic heterocycles. The molecule has 0 aromatic carbocycles. The van der Waals surface area contributed by atoms with Gasteiger partial charge in [-0.1, -0.05) is 29.5 Å². The summed E-state index contributed by atoms with van der Waals surface area (Å²) < 4.78 is 5.27. The molecule has 0 heterocycles. The highest BCUT2D eigenvalue weighted by Gasteiger charge is 2.53. The smallest absolute Gasteiger partial charge is 0.318 e. The molecule has 2 aliphatic rings. The second kappa shape index (κ2) is 6.09. The van der Waals surface area contributed by atoms with Gasteiger partial charge in [-0.2, -0.15) is 10.5 Å². The standard InChI is InChI=1S/C14H17IN2O2/c1-2-13(15)14(18)19-7-9-3-8-4-10(9)12(6-17)11(8)5-16/h8-13H,2-4,7H2,1H3. The Bertz CT molecular complexity index is 440. The predicted molar refractivity (Wildman–Crippen MR) is 77.0 cm³/mol. The van der Waals surface area contributed by atoms with E-state index in [1.54, 1.807) is 0 Å². The molecule has 4 nitrogen and oxygen atoms in total. The van der Waals surface area contributed by atoms with Gasteiger partial charge in [0.15, 0.2) is 0 Å². The third-order valence-electron chi connectivity index (χ3n) is 4.49. The average molecular weight is 372 g/mol. The molecule has 2 bridgehead atoms. The molecule has 2 aliphatic carbocycles. The van der Waals surface area contributed by atoms with Crippen LogP contribution in [0.1, 0.15) is 26.2 Å². The van der Waals surface area contributed by atoms with Crippen LogP contribution in [0.5, 0.6) is 0 Å². The zero-order chi connectivity index (χ0) is 14.0. The predicted octanol–water partition coefficient (Wildman–Crippen LogP) is 2.68. The van der Waals surface area contributed by atoms with E-state index in [4.69, 9.17) is 10.00 Å². The molecule has 0 aromatic rings. The maximum absolute atomic E-state index is 11.7. The first-order chi connectivity index (χ1) is 9.12. The molecule has 6 atom stereocenters. The molecule has 2 saturated carbocycles. The van der Waals surface area contributed by atoms with Gasteiger partial charge < -0.3 is 4.74 Å². The van der Waals surface area contributed by atoms with Crippen LogP contribution in [0.15, 0.2) is 0 Å². The normalized spacial score (nSPS) is 37.4. The number of fused-ring (bicyclic) bond motifs is 2. The van der Waals surface area contributed by atoms with Crippen LogP contribution < -0.4 is 0 Å². The number of carbonyl (C=O) groups excluding carboxylic acids is 1. The summed E-state index contributed by atoms with van der Waals surface area (Å²) in [4.78, 5) is 11.7. The van der Waals surface area contributed by atoms with E-state index in [0.29, 0.717) is 12.5 Å².